The van der Waals surface area contributed by atoms with Gasteiger partial charge >= 0.3 is 0 Å². The molecule has 0 radical (unpaired) electrons. The van der Waals surface area contributed by atoms with E-state index < -0.39 is 0 Å². The van der Waals surface area contributed by atoms with Gasteiger partial charge in [0.05, 0.1) is 17.1 Å². The zero-order valence-electron chi connectivity index (χ0n) is 16.4. The Hall–Kier alpha value is -3.02. The molecule has 1 heterocycles. The Kier molecular flexibility index (Phi) is 6.21. The van der Waals surface area contributed by atoms with E-state index >= 15 is 0 Å². The molecule has 1 amide bonds. The first-order chi connectivity index (χ1) is 14.6. The van der Waals surface area contributed by atoms with Crippen LogP contribution < -0.4 is 5.32 Å². The molecule has 6 heteroatoms. The highest BCUT2D eigenvalue weighted by Crippen LogP contribution is 2.28. The molecule has 4 aromatic rings. The molecule has 1 aromatic heterocycles. The Morgan fingerprint density at radius 3 is 2.43 bits per heavy atom. The van der Waals surface area contributed by atoms with Crippen LogP contribution in [0.2, 0.25) is 5.02 Å². The minimum atomic E-state index is -0.0945. The van der Waals surface area contributed by atoms with Gasteiger partial charge in [-0.3, -0.25) is 9.36 Å². The first-order valence-corrected chi connectivity index (χ1v) is 10.9. The Bertz CT molecular complexity index is 1160. The first-order valence-electron chi connectivity index (χ1n) is 9.49. The molecule has 4 rings (SSSR count). The van der Waals surface area contributed by atoms with Crippen LogP contribution >= 0.6 is 23.4 Å². The Balaban J connectivity index is 1.58. The van der Waals surface area contributed by atoms with Crippen LogP contribution in [0.15, 0.2) is 90.2 Å². The van der Waals surface area contributed by atoms with Crippen molar-refractivity contribution in [2.24, 2.45) is 0 Å². The maximum atomic E-state index is 12.5. The minimum Gasteiger partial charge on any atom is -0.325 e. The van der Waals surface area contributed by atoms with Gasteiger partial charge in [-0.25, -0.2) is 4.98 Å². The molecule has 30 heavy (non-hydrogen) atoms. The molecule has 0 aliphatic heterocycles. The van der Waals surface area contributed by atoms with Crippen LogP contribution in [0.4, 0.5) is 5.69 Å². The fourth-order valence-electron chi connectivity index (χ4n) is 3.08. The van der Waals surface area contributed by atoms with E-state index in [2.05, 4.69) is 28.9 Å². The second-order valence-corrected chi connectivity index (χ2v) is 8.15. The summed E-state index contributed by atoms with van der Waals surface area (Å²) >= 11 is 7.31. The van der Waals surface area contributed by atoms with Crippen LogP contribution in [0.5, 0.6) is 0 Å². The van der Waals surface area contributed by atoms with Gasteiger partial charge < -0.3 is 5.32 Å². The predicted octanol–water partition coefficient (Wildman–Crippen LogP) is 6.23. The van der Waals surface area contributed by atoms with Crippen molar-refractivity contribution in [1.82, 2.24) is 9.55 Å². The Labute approximate surface area is 184 Å². The smallest absolute Gasteiger partial charge is 0.234 e. The largest absolute Gasteiger partial charge is 0.325 e. The third kappa shape index (κ3) is 4.75. The molecule has 0 unspecified atom stereocenters. The lowest BCUT2D eigenvalue weighted by Crippen LogP contribution is -2.14. The summed E-state index contributed by atoms with van der Waals surface area (Å²) in [6.45, 7) is 2.07. The van der Waals surface area contributed by atoms with Crippen molar-refractivity contribution in [3.8, 4) is 16.9 Å². The summed E-state index contributed by atoms with van der Waals surface area (Å²) < 4.78 is 2.05. The number of thioether (sulfide) groups is 1. The topological polar surface area (TPSA) is 46.9 Å². The molecule has 0 atom stereocenters. The molecule has 0 aliphatic rings. The van der Waals surface area contributed by atoms with Crippen LogP contribution in [-0.2, 0) is 4.79 Å². The quantitative estimate of drug-likeness (QED) is 0.366. The van der Waals surface area contributed by atoms with E-state index in [-0.39, 0.29) is 11.7 Å². The standard InChI is InChI=1S/C24H20ClN3OS/c1-17-7-5-6-10-22(17)28-15-21(18-8-3-2-4-9-18)27-24(28)30-16-23(29)26-20-13-11-19(25)12-14-20/h2-15H,16H2,1H3,(H,26,29). The monoisotopic (exact) mass is 433 g/mol. The second kappa shape index (κ2) is 9.20. The number of carbonyl (C=O) groups excluding carboxylic acids is 1. The van der Waals surface area contributed by atoms with Gasteiger partial charge in [-0.05, 0) is 42.8 Å². The van der Waals surface area contributed by atoms with Gasteiger partial charge in [0.2, 0.25) is 5.91 Å². The van der Waals surface area contributed by atoms with Gasteiger partial charge in [-0.2, -0.15) is 0 Å². The van der Waals surface area contributed by atoms with Crippen molar-refractivity contribution < 1.29 is 4.79 Å². The number of hydrogen-bond acceptors (Lipinski definition) is 3. The number of para-hydroxylation sites is 1. The number of amides is 1. The molecule has 150 valence electrons. The average molecular weight is 434 g/mol. The molecule has 0 saturated heterocycles. The maximum absolute atomic E-state index is 12.5. The number of nitrogens with one attached hydrogen (secondary N) is 1. The Morgan fingerprint density at radius 1 is 1.00 bits per heavy atom. The number of hydrogen-bond donors (Lipinski definition) is 1. The van der Waals surface area contributed by atoms with E-state index in [9.17, 15) is 4.79 Å². The summed E-state index contributed by atoms with van der Waals surface area (Å²) in [4.78, 5) is 17.3. The summed E-state index contributed by atoms with van der Waals surface area (Å²) in [6.07, 6.45) is 2.02. The van der Waals surface area contributed by atoms with Crippen molar-refractivity contribution in [3.63, 3.8) is 0 Å². The van der Waals surface area contributed by atoms with Crippen molar-refractivity contribution in [2.75, 3.05) is 11.1 Å². The van der Waals surface area contributed by atoms with Crippen LogP contribution in [-0.4, -0.2) is 21.2 Å². The molecule has 0 spiro atoms. The first kappa shape index (κ1) is 20.3. The molecule has 1 N–H and O–H groups in total. The van der Waals surface area contributed by atoms with Crippen LogP contribution in [0.3, 0.4) is 0 Å². The highest BCUT2D eigenvalue weighted by Gasteiger charge is 2.15. The maximum Gasteiger partial charge on any atom is 0.234 e. The molecule has 0 fully saturated rings. The zero-order chi connectivity index (χ0) is 20.9. The number of imidazole rings is 1. The van der Waals surface area contributed by atoms with Crippen molar-refractivity contribution in [2.45, 2.75) is 12.1 Å². The van der Waals surface area contributed by atoms with Crippen LogP contribution in [0.25, 0.3) is 16.9 Å². The second-order valence-electron chi connectivity index (χ2n) is 6.77. The summed E-state index contributed by atoms with van der Waals surface area (Å²) in [6, 6.07) is 25.3. The van der Waals surface area contributed by atoms with Gasteiger partial charge in [-0.1, -0.05) is 71.9 Å². The lowest BCUT2D eigenvalue weighted by molar-refractivity contribution is -0.113. The molecule has 3 aromatic carbocycles. The van der Waals surface area contributed by atoms with E-state index in [0.717, 1.165) is 33.4 Å². The number of benzene rings is 3. The number of anilines is 1. The van der Waals surface area contributed by atoms with E-state index in [4.69, 9.17) is 16.6 Å². The number of aromatic nitrogens is 2. The lowest BCUT2D eigenvalue weighted by Gasteiger charge is -2.10. The van der Waals surface area contributed by atoms with E-state index in [1.807, 2.05) is 48.7 Å². The van der Waals surface area contributed by atoms with Crippen LogP contribution in [0.1, 0.15) is 5.56 Å². The van der Waals surface area contributed by atoms with E-state index in [1.165, 1.54) is 11.8 Å². The summed E-state index contributed by atoms with van der Waals surface area (Å²) in [7, 11) is 0. The third-order valence-corrected chi connectivity index (χ3v) is 5.78. The van der Waals surface area contributed by atoms with Crippen LogP contribution in [0, 0.1) is 6.92 Å². The Morgan fingerprint density at radius 2 is 1.70 bits per heavy atom. The van der Waals surface area contributed by atoms with E-state index in [1.54, 1.807) is 24.3 Å². The molecular weight excluding hydrogens is 414 g/mol. The fourth-order valence-corrected chi connectivity index (χ4v) is 3.99. The van der Waals surface area contributed by atoms with Crippen molar-refractivity contribution >= 4 is 35.0 Å². The summed E-state index contributed by atoms with van der Waals surface area (Å²) in [5.74, 6) is 0.155. The molecule has 0 aliphatic carbocycles. The fraction of sp³-hybridized carbons (Fsp3) is 0.0833. The summed E-state index contributed by atoms with van der Waals surface area (Å²) in [5, 5.41) is 4.30. The lowest BCUT2D eigenvalue weighted by atomic mass is 10.2. The van der Waals surface area contributed by atoms with Gasteiger partial charge in [0.1, 0.15) is 0 Å². The highest BCUT2D eigenvalue weighted by atomic mass is 35.5. The number of rotatable bonds is 6. The van der Waals surface area contributed by atoms with E-state index in [0.29, 0.717) is 5.02 Å². The van der Waals surface area contributed by atoms with Gasteiger partial charge in [-0.15, -0.1) is 0 Å². The number of carbonyl (C=O) groups is 1. The van der Waals surface area contributed by atoms with Crippen molar-refractivity contribution in [3.05, 3.63) is 95.6 Å². The molecule has 0 bridgehead atoms. The zero-order valence-corrected chi connectivity index (χ0v) is 18.0. The molecular formula is C24H20ClN3OS. The summed E-state index contributed by atoms with van der Waals surface area (Å²) in [5.41, 5.74) is 4.82. The molecule has 4 nitrogen and oxygen atoms in total. The number of aryl methyl sites for hydroxylation is 1. The van der Waals surface area contributed by atoms with Gasteiger partial charge in [0.25, 0.3) is 0 Å². The number of halogens is 1. The predicted molar refractivity (Wildman–Crippen MR) is 125 cm³/mol. The van der Waals surface area contributed by atoms with Crippen molar-refractivity contribution in [1.29, 1.82) is 0 Å². The highest BCUT2D eigenvalue weighted by molar-refractivity contribution is 7.99. The van der Waals surface area contributed by atoms with Gasteiger partial charge in [0, 0.05) is 22.5 Å². The SMILES string of the molecule is Cc1ccccc1-n1cc(-c2ccccc2)nc1SCC(=O)Nc1ccc(Cl)cc1. The minimum absolute atomic E-state index is 0.0945. The number of nitrogens with zero attached hydrogens (tertiary/aromatic N) is 2. The van der Waals surface area contributed by atoms with Gasteiger partial charge in [0.15, 0.2) is 5.16 Å². The normalized spacial score (nSPS) is 10.7. The molecule has 0 saturated carbocycles. The average Bonchev–Trinajstić information content (AvgIpc) is 3.19. The third-order valence-electron chi connectivity index (χ3n) is 4.58.